The molecular weight excluding hydrogens is 484 g/mol. The summed E-state index contributed by atoms with van der Waals surface area (Å²) in [4.78, 5) is 19.0. The molecule has 0 radical (unpaired) electrons. The Kier molecular flexibility index (Phi) is 7.68. The highest BCUT2D eigenvalue weighted by molar-refractivity contribution is 7.15. The Balaban J connectivity index is 1.21. The van der Waals surface area contributed by atoms with Crippen LogP contribution in [-0.4, -0.2) is 39.6 Å². The van der Waals surface area contributed by atoms with Gasteiger partial charge in [0.05, 0.1) is 30.1 Å². The number of methoxy groups -OCH3 is 1. The summed E-state index contributed by atoms with van der Waals surface area (Å²) in [6.45, 7) is 1.29. The summed E-state index contributed by atoms with van der Waals surface area (Å²) in [7, 11) is 1.75. The van der Waals surface area contributed by atoms with Gasteiger partial charge in [0.25, 0.3) is 5.91 Å². The summed E-state index contributed by atoms with van der Waals surface area (Å²) in [6.07, 6.45) is 7.25. The molecule has 188 valence electrons. The molecule has 37 heavy (non-hydrogen) atoms. The number of aryl methyl sites for hydroxylation is 1. The lowest BCUT2D eigenvalue weighted by Gasteiger charge is -2.20. The van der Waals surface area contributed by atoms with Crippen molar-refractivity contribution in [3.63, 3.8) is 0 Å². The van der Waals surface area contributed by atoms with Crippen LogP contribution >= 0.6 is 11.3 Å². The molecule has 0 saturated heterocycles. The number of ether oxygens (including phenoxy) is 1. The number of thiazole rings is 1. The van der Waals surface area contributed by atoms with Gasteiger partial charge in [-0.2, -0.15) is 5.26 Å². The number of nitrogens with zero attached hydrogens (tertiary/aromatic N) is 5. The van der Waals surface area contributed by atoms with Crippen molar-refractivity contribution in [2.45, 2.75) is 38.6 Å². The summed E-state index contributed by atoms with van der Waals surface area (Å²) in [6, 6.07) is 16.9. The number of fused-ring (bicyclic) bond motifs is 1. The van der Waals surface area contributed by atoms with E-state index < -0.39 is 0 Å². The Morgan fingerprint density at radius 3 is 2.95 bits per heavy atom. The van der Waals surface area contributed by atoms with Crippen molar-refractivity contribution in [3.8, 4) is 17.3 Å². The van der Waals surface area contributed by atoms with E-state index in [1.54, 1.807) is 35.3 Å². The van der Waals surface area contributed by atoms with E-state index in [0.717, 1.165) is 54.8 Å². The van der Waals surface area contributed by atoms with E-state index in [0.29, 0.717) is 28.7 Å². The van der Waals surface area contributed by atoms with E-state index in [2.05, 4.69) is 21.7 Å². The number of anilines is 1. The number of benzene rings is 2. The lowest BCUT2D eigenvalue weighted by molar-refractivity contribution is 0.102. The van der Waals surface area contributed by atoms with Gasteiger partial charge in [0.2, 0.25) is 0 Å². The molecule has 1 N–H and O–H groups in total. The van der Waals surface area contributed by atoms with Crippen molar-refractivity contribution in [2.75, 3.05) is 19.0 Å². The van der Waals surface area contributed by atoms with E-state index in [9.17, 15) is 4.79 Å². The van der Waals surface area contributed by atoms with Gasteiger partial charge in [-0.05, 0) is 67.9 Å². The number of carbonyl (C=O) groups excluding carboxylic acids is 1. The molecule has 0 spiro atoms. The number of amides is 1. The molecule has 4 aromatic rings. The molecule has 2 heterocycles. The van der Waals surface area contributed by atoms with Crippen LogP contribution in [0.5, 0.6) is 0 Å². The fraction of sp³-hybridized carbons (Fsp3) is 0.321. The van der Waals surface area contributed by atoms with Crippen LogP contribution in [0.1, 0.15) is 51.3 Å². The van der Waals surface area contributed by atoms with Crippen molar-refractivity contribution in [2.24, 2.45) is 5.92 Å². The minimum Gasteiger partial charge on any atom is -0.385 e. The van der Waals surface area contributed by atoms with Crippen LogP contribution in [0.25, 0.3) is 11.3 Å². The Morgan fingerprint density at radius 1 is 1.27 bits per heavy atom. The normalized spacial score (nSPS) is 14.6. The molecule has 8 nitrogen and oxygen atoms in total. The average Bonchev–Trinajstić information content (AvgIpc) is 3.55. The third kappa shape index (κ3) is 6.10. The summed E-state index contributed by atoms with van der Waals surface area (Å²) < 4.78 is 6.92. The molecule has 1 aliphatic rings. The smallest absolute Gasteiger partial charge is 0.257 e. The number of rotatable bonds is 9. The van der Waals surface area contributed by atoms with Crippen LogP contribution in [0.2, 0.25) is 0 Å². The van der Waals surface area contributed by atoms with Crippen molar-refractivity contribution in [1.82, 2.24) is 20.0 Å². The van der Waals surface area contributed by atoms with Crippen LogP contribution in [0.4, 0.5) is 5.13 Å². The van der Waals surface area contributed by atoms with Crippen LogP contribution in [0, 0.1) is 17.2 Å². The molecule has 9 heteroatoms. The minimum absolute atomic E-state index is 0.165. The first-order valence-corrected chi connectivity index (χ1v) is 13.2. The van der Waals surface area contributed by atoms with Gasteiger partial charge in [0.1, 0.15) is 5.69 Å². The first-order valence-electron chi connectivity index (χ1n) is 12.4. The molecule has 5 rings (SSSR count). The van der Waals surface area contributed by atoms with Crippen LogP contribution < -0.4 is 5.32 Å². The van der Waals surface area contributed by atoms with Gasteiger partial charge in [-0.25, -0.2) is 9.67 Å². The molecule has 0 saturated carbocycles. The van der Waals surface area contributed by atoms with Crippen molar-refractivity contribution < 1.29 is 9.53 Å². The molecule has 0 unspecified atom stereocenters. The molecule has 1 atom stereocenters. The zero-order chi connectivity index (χ0) is 25.6. The molecule has 1 aliphatic carbocycles. The largest absolute Gasteiger partial charge is 0.385 e. The predicted octanol–water partition coefficient (Wildman–Crippen LogP) is 5.11. The fourth-order valence-electron chi connectivity index (χ4n) is 4.65. The monoisotopic (exact) mass is 512 g/mol. The first kappa shape index (κ1) is 24.8. The van der Waals surface area contributed by atoms with E-state index in [4.69, 9.17) is 15.0 Å². The quantitative estimate of drug-likeness (QED) is 0.313. The highest BCUT2D eigenvalue weighted by Crippen LogP contribution is 2.34. The maximum atomic E-state index is 13.0. The Hall–Kier alpha value is -3.87. The zero-order valence-electron chi connectivity index (χ0n) is 20.7. The average molecular weight is 513 g/mol. The number of nitrogens with one attached hydrogen (secondary N) is 1. The number of hydrogen-bond acceptors (Lipinski definition) is 7. The van der Waals surface area contributed by atoms with E-state index in [1.165, 1.54) is 11.3 Å². The number of aromatic nitrogens is 4. The lowest BCUT2D eigenvalue weighted by atomic mass is 9.88. The second kappa shape index (κ2) is 11.5. The topological polar surface area (TPSA) is 106 Å². The summed E-state index contributed by atoms with van der Waals surface area (Å²) in [5.74, 6) is 0.499. The summed E-state index contributed by atoms with van der Waals surface area (Å²) in [5, 5.41) is 21.1. The summed E-state index contributed by atoms with van der Waals surface area (Å²) in [5.41, 5.74) is 4.88. The Bertz CT molecular complexity index is 1420. The van der Waals surface area contributed by atoms with Gasteiger partial charge < -0.3 is 4.74 Å². The zero-order valence-corrected chi connectivity index (χ0v) is 21.5. The molecule has 0 aliphatic heterocycles. The summed E-state index contributed by atoms with van der Waals surface area (Å²) >= 11 is 1.60. The number of carbonyl (C=O) groups is 1. The van der Waals surface area contributed by atoms with Crippen LogP contribution in [-0.2, 0) is 24.1 Å². The second-order valence-electron chi connectivity index (χ2n) is 9.28. The van der Waals surface area contributed by atoms with E-state index in [1.807, 2.05) is 42.6 Å². The Morgan fingerprint density at radius 2 is 2.14 bits per heavy atom. The van der Waals surface area contributed by atoms with Gasteiger partial charge in [0.15, 0.2) is 5.13 Å². The van der Waals surface area contributed by atoms with Gasteiger partial charge in [0, 0.05) is 29.7 Å². The predicted molar refractivity (Wildman–Crippen MR) is 142 cm³/mol. The van der Waals surface area contributed by atoms with Crippen molar-refractivity contribution >= 4 is 22.4 Å². The van der Waals surface area contributed by atoms with E-state index >= 15 is 0 Å². The Labute approximate surface area is 219 Å². The van der Waals surface area contributed by atoms with Gasteiger partial charge in [-0.1, -0.05) is 29.5 Å². The third-order valence-electron chi connectivity index (χ3n) is 6.61. The molecule has 2 aromatic carbocycles. The second-order valence-corrected chi connectivity index (χ2v) is 10.4. The van der Waals surface area contributed by atoms with Crippen molar-refractivity contribution in [3.05, 3.63) is 82.0 Å². The first-order chi connectivity index (χ1) is 18.1. The standard InChI is InChI=1S/C28H28N6O2S/c1-36-13-3-5-19-9-12-24-26(15-19)37-28(30-24)31-27(35)23-6-2-4-21(14-23)17-34-18-25(32-33-34)22-10-7-20(16-29)8-11-22/h2,4,6-8,10-11,14,18-19H,3,5,9,12-13,15,17H2,1H3,(H,30,31,35)/t19-/m0/s1. The molecule has 1 amide bonds. The van der Waals surface area contributed by atoms with Crippen LogP contribution in [0.15, 0.2) is 54.7 Å². The van der Waals surface area contributed by atoms with Gasteiger partial charge >= 0.3 is 0 Å². The highest BCUT2D eigenvalue weighted by Gasteiger charge is 2.23. The SMILES string of the molecule is COCCC[C@H]1CCc2nc(NC(=O)c3cccc(Cn4cc(-c5ccc(C#N)cc5)nn4)c3)sc2C1. The lowest BCUT2D eigenvalue weighted by Crippen LogP contribution is -2.14. The number of hydrogen-bond donors (Lipinski definition) is 1. The molecule has 2 aromatic heterocycles. The van der Waals surface area contributed by atoms with Gasteiger partial charge in [-0.3, -0.25) is 10.1 Å². The fourth-order valence-corrected chi connectivity index (χ4v) is 5.77. The third-order valence-corrected chi connectivity index (χ3v) is 7.64. The highest BCUT2D eigenvalue weighted by atomic mass is 32.1. The minimum atomic E-state index is -0.165. The maximum absolute atomic E-state index is 13.0. The van der Waals surface area contributed by atoms with E-state index in [-0.39, 0.29) is 5.91 Å². The number of nitriles is 1. The maximum Gasteiger partial charge on any atom is 0.257 e. The molecular formula is C28H28N6O2S. The van der Waals surface area contributed by atoms with Crippen molar-refractivity contribution in [1.29, 1.82) is 5.26 Å². The molecule has 0 fully saturated rings. The van der Waals surface area contributed by atoms with Crippen LogP contribution in [0.3, 0.4) is 0 Å². The molecule has 0 bridgehead atoms. The van der Waals surface area contributed by atoms with Gasteiger partial charge in [-0.15, -0.1) is 16.4 Å².